The third-order valence-corrected chi connectivity index (χ3v) is 3.28. The van der Waals surface area contributed by atoms with E-state index in [9.17, 15) is 9.59 Å². The molecule has 0 spiro atoms. The van der Waals surface area contributed by atoms with Crippen molar-refractivity contribution in [1.29, 1.82) is 0 Å². The van der Waals surface area contributed by atoms with E-state index in [0.29, 0.717) is 18.9 Å². The third-order valence-electron chi connectivity index (χ3n) is 2.37. The second-order valence-corrected chi connectivity index (χ2v) is 5.85. The van der Waals surface area contributed by atoms with Crippen molar-refractivity contribution in [3.8, 4) is 0 Å². The minimum atomic E-state index is -0.990. The summed E-state index contributed by atoms with van der Waals surface area (Å²) in [5, 5.41) is 14.2. The lowest BCUT2D eigenvalue weighted by molar-refractivity contribution is -0.139. The van der Waals surface area contributed by atoms with Crippen molar-refractivity contribution in [2.24, 2.45) is 11.8 Å². The lowest BCUT2D eigenvalue weighted by Gasteiger charge is -2.18. The highest BCUT2D eigenvalue weighted by molar-refractivity contribution is 7.98. The zero-order valence-corrected chi connectivity index (χ0v) is 12.3. The summed E-state index contributed by atoms with van der Waals surface area (Å²) < 4.78 is 0. The average Bonchev–Trinajstić information content (AvgIpc) is 2.25. The summed E-state index contributed by atoms with van der Waals surface area (Å²) in [6.07, 6.45) is 2.45. The van der Waals surface area contributed by atoms with Crippen LogP contribution >= 0.6 is 11.8 Å². The third kappa shape index (κ3) is 8.22. The highest BCUT2D eigenvalue weighted by atomic mass is 32.2. The van der Waals surface area contributed by atoms with Gasteiger partial charge in [0.2, 0.25) is 0 Å². The molecule has 0 bridgehead atoms. The van der Waals surface area contributed by atoms with Gasteiger partial charge in [0.1, 0.15) is 6.04 Å². The molecule has 106 valence electrons. The van der Waals surface area contributed by atoms with Gasteiger partial charge < -0.3 is 15.7 Å². The molecule has 0 aliphatic rings. The van der Waals surface area contributed by atoms with Gasteiger partial charge in [-0.2, -0.15) is 11.8 Å². The maximum atomic E-state index is 11.6. The van der Waals surface area contributed by atoms with Crippen LogP contribution in [0.3, 0.4) is 0 Å². The number of carboxylic acids is 1. The maximum Gasteiger partial charge on any atom is 0.326 e. The van der Waals surface area contributed by atoms with Crippen LogP contribution in [0.1, 0.15) is 27.2 Å². The molecule has 0 saturated carbocycles. The number of hydrogen-bond donors (Lipinski definition) is 3. The number of urea groups is 1. The van der Waals surface area contributed by atoms with E-state index in [2.05, 4.69) is 10.6 Å². The van der Waals surface area contributed by atoms with Crippen molar-refractivity contribution in [3.05, 3.63) is 0 Å². The number of hydrogen-bond acceptors (Lipinski definition) is 3. The van der Waals surface area contributed by atoms with Gasteiger partial charge in [-0.3, -0.25) is 0 Å². The zero-order valence-electron chi connectivity index (χ0n) is 11.5. The van der Waals surface area contributed by atoms with Gasteiger partial charge in [-0.05, 0) is 30.3 Å². The predicted octanol–water partition coefficient (Wildman–Crippen LogP) is 1.78. The molecular weight excluding hydrogens is 252 g/mol. The van der Waals surface area contributed by atoms with E-state index in [1.165, 1.54) is 0 Å². The van der Waals surface area contributed by atoms with Gasteiger partial charge in [0.15, 0.2) is 0 Å². The number of thioether (sulfide) groups is 1. The van der Waals surface area contributed by atoms with Crippen LogP contribution in [-0.2, 0) is 4.79 Å². The van der Waals surface area contributed by atoms with Crippen molar-refractivity contribution in [2.75, 3.05) is 18.6 Å². The summed E-state index contributed by atoms with van der Waals surface area (Å²) in [4.78, 5) is 22.5. The molecule has 6 heteroatoms. The fraction of sp³-hybridized carbons (Fsp3) is 0.833. The first-order valence-corrected chi connectivity index (χ1v) is 7.52. The average molecular weight is 276 g/mol. The topological polar surface area (TPSA) is 78.4 Å². The summed E-state index contributed by atoms with van der Waals surface area (Å²) in [5.41, 5.74) is 0. The first kappa shape index (κ1) is 17.1. The Balaban J connectivity index is 4.06. The number of aliphatic carboxylic acids is 1. The molecule has 2 atom stereocenters. The predicted molar refractivity (Wildman–Crippen MR) is 75.0 cm³/mol. The fourth-order valence-corrected chi connectivity index (χ4v) is 2.20. The van der Waals surface area contributed by atoms with Gasteiger partial charge >= 0.3 is 12.0 Å². The number of amides is 2. The second-order valence-electron chi connectivity index (χ2n) is 4.94. The van der Waals surface area contributed by atoms with Crippen LogP contribution in [-0.4, -0.2) is 41.7 Å². The Morgan fingerprint density at radius 2 is 1.89 bits per heavy atom. The second kappa shape index (κ2) is 9.08. The van der Waals surface area contributed by atoms with Crippen molar-refractivity contribution >= 4 is 23.8 Å². The van der Waals surface area contributed by atoms with Crippen molar-refractivity contribution < 1.29 is 14.7 Å². The Kier molecular flexibility index (Phi) is 8.62. The molecule has 18 heavy (non-hydrogen) atoms. The number of carboxylic acid groups (broad SMARTS) is 1. The molecule has 0 aliphatic heterocycles. The zero-order chi connectivity index (χ0) is 14.1. The molecule has 0 fully saturated rings. The largest absolute Gasteiger partial charge is 0.480 e. The lowest BCUT2D eigenvalue weighted by atomic mass is 10.0. The Labute approximate surface area is 113 Å². The monoisotopic (exact) mass is 276 g/mol. The van der Waals surface area contributed by atoms with Crippen LogP contribution in [0.2, 0.25) is 0 Å². The van der Waals surface area contributed by atoms with Crippen LogP contribution in [0.15, 0.2) is 0 Å². The molecule has 0 aliphatic carbocycles. The van der Waals surface area contributed by atoms with Gasteiger partial charge in [0.05, 0.1) is 0 Å². The van der Waals surface area contributed by atoms with Gasteiger partial charge in [-0.15, -0.1) is 0 Å². The van der Waals surface area contributed by atoms with E-state index >= 15 is 0 Å². The van der Waals surface area contributed by atoms with E-state index in [0.717, 1.165) is 5.75 Å². The highest BCUT2D eigenvalue weighted by Gasteiger charge is 2.20. The summed E-state index contributed by atoms with van der Waals surface area (Å²) in [5.74, 6) is 0.575. The van der Waals surface area contributed by atoms with Gasteiger partial charge in [-0.1, -0.05) is 20.8 Å². The molecule has 0 aromatic rings. The summed E-state index contributed by atoms with van der Waals surface area (Å²) in [6, 6.07) is -1.23. The van der Waals surface area contributed by atoms with E-state index in [-0.39, 0.29) is 5.92 Å². The molecule has 2 amide bonds. The molecule has 0 aromatic heterocycles. The quantitative estimate of drug-likeness (QED) is 0.631. The Morgan fingerprint density at radius 1 is 1.28 bits per heavy atom. The molecule has 0 aromatic carbocycles. The fourth-order valence-electron chi connectivity index (χ4n) is 1.51. The van der Waals surface area contributed by atoms with Crippen LogP contribution < -0.4 is 10.6 Å². The van der Waals surface area contributed by atoms with Gasteiger partial charge in [0.25, 0.3) is 0 Å². The molecule has 0 radical (unpaired) electrons. The number of nitrogens with one attached hydrogen (secondary N) is 2. The normalized spacial score (nSPS) is 14.1. The molecule has 0 rings (SSSR count). The van der Waals surface area contributed by atoms with Crippen molar-refractivity contribution in [2.45, 2.75) is 33.2 Å². The Hall–Kier alpha value is -0.910. The van der Waals surface area contributed by atoms with Crippen molar-refractivity contribution in [3.63, 3.8) is 0 Å². The van der Waals surface area contributed by atoms with E-state index in [1.54, 1.807) is 11.8 Å². The molecule has 0 heterocycles. The van der Waals surface area contributed by atoms with Crippen molar-refractivity contribution in [1.82, 2.24) is 10.6 Å². The maximum absolute atomic E-state index is 11.6. The molecule has 5 nitrogen and oxygen atoms in total. The Morgan fingerprint density at radius 3 is 2.33 bits per heavy atom. The number of carbonyl (C=O) groups is 2. The summed E-state index contributed by atoms with van der Waals surface area (Å²) in [6.45, 7) is 6.45. The Bertz CT molecular complexity index is 272. The summed E-state index contributed by atoms with van der Waals surface area (Å²) in [7, 11) is 0. The lowest BCUT2D eigenvalue weighted by Crippen LogP contribution is -2.47. The number of carbonyl (C=O) groups excluding carboxylic acids is 1. The molecular formula is C12H24N2O3S. The van der Waals surface area contributed by atoms with E-state index in [1.807, 2.05) is 27.0 Å². The van der Waals surface area contributed by atoms with Crippen LogP contribution in [0.4, 0.5) is 4.79 Å². The van der Waals surface area contributed by atoms with Crippen LogP contribution in [0, 0.1) is 11.8 Å². The smallest absolute Gasteiger partial charge is 0.326 e. The molecule has 1 unspecified atom stereocenters. The van der Waals surface area contributed by atoms with Gasteiger partial charge in [-0.25, -0.2) is 9.59 Å². The van der Waals surface area contributed by atoms with Crippen LogP contribution in [0.5, 0.6) is 0 Å². The minimum Gasteiger partial charge on any atom is -0.480 e. The van der Waals surface area contributed by atoms with Crippen LogP contribution in [0.25, 0.3) is 0 Å². The van der Waals surface area contributed by atoms with E-state index < -0.39 is 18.0 Å². The minimum absolute atomic E-state index is 0.224. The summed E-state index contributed by atoms with van der Waals surface area (Å²) >= 11 is 1.72. The highest BCUT2D eigenvalue weighted by Crippen LogP contribution is 2.05. The first-order chi connectivity index (χ1) is 8.36. The van der Waals surface area contributed by atoms with E-state index in [4.69, 9.17) is 5.11 Å². The molecule has 3 N–H and O–H groups in total. The standard InChI is InChI=1S/C12H24N2O3S/c1-8(2)5-10(11(15)16)14-12(17)13-6-9(3)7-18-4/h8-10H,5-7H2,1-4H3,(H,15,16)(H2,13,14,17)/t9?,10-/m1/s1. The van der Waals surface area contributed by atoms with Gasteiger partial charge in [0, 0.05) is 6.54 Å². The SMILES string of the molecule is CSCC(C)CNC(=O)N[C@H](CC(C)C)C(=O)O. The molecule has 0 saturated heterocycles. The number of rotatable bonds is 8. The first-order valence-electron chi connectivity index (χ1n) is 6.12.